The Morgan fingerprint density at radius 2 is 2.02 bits per heavy atom. The Balaban J connectivity index is 1.09. The molecule has 4 fully saturated rings. The molecule has 7 rings (SSSR count). The third-order valence-corrected chi connectivity index (χ3v) is 9.56. The fourth-order valence-corrected chi connectivity index (χ4v) is 7.09. The number of amides is 1. The summed E-state index contributed by atoms with van der Waals surface area (Å²) in [4.78, 5) is 16.9. The number of alkyl carbamates (subject to hydrolysis) is 1. The molecule has 42 heavy (non-hydrogen) atoms. The number of carbonyl (C=O) groups excluding carboxylic acids is 1. The largest absolute Gasteiger partial charge is 0.482 e. The van der Waals surface area contributed by atoms with Crippen LogP contribution in [0.1, 0.15) is 50.3 Å². The molecule has 9 nitrogen and oxygen atoms in total. The second kappa shape index (κ2) is 11.4. The summed E-state index contributed by atoms with van der Waals surface area (Å²) in [6.07, 6.45) is 7.40. The van der Waals surface area contributed by atoms with Gasteiger partial charge in [0.1, 0.15) is 24.4 Å². The van der Waals surface area contributed by atoms with Crippen molar-refractivity contribution in [1.82, 2.24) is 20.1 Å². The van der Waals surface area contributed by atoms with Crippen molar-refractivity contribution in [2.24, 2.45) is 17.3 Å². The minimum absolute atomic E-state index is 0.0304. The van der Waals surface area contributed by atoms with Crippen molar-refractivity contribution >= 4 is 25.0 Å². The summed E-state index contributed by atoms with van der Waals surface area (Å²) in [5.41, 5.74) is 3.16. The number of nitrogens with zero attached hydrogens (tertiary/aromatic N) is 4. The van der Waals surface area contributed by atoms with Gasteiger partial charge in [-0.15, -0.1) is 0 Å². The molecular weight excluding hydrogens is 529 g/mol. The predicted octanol–water partition coefficient (Wildman–Crippen LogP) is 4.95. The zero-order valence-corrected chi connectivity index (χ0v) is 24.3. The van der Waals surface area contributed by atoms with E-state index in [1.807, 2.05) is 54.6 Å². The molecule has 2 aromatic carbocycles. The van der Waals surface area contributed by atoms with Crippen LogP contribution in [0.5, 0.6) is 0 Å². The maximum Gasteiger partial charge on any atom is 0.482 e. The zero-order chi connectivity index (χ0) is 29.3. The minimum atomic E-state index is -0.550. The molecule has 1 N–H and O–H groups in total. The van der Waals surface area contributed by atoms with Crippen LogP contribution >= 0.6 is 0 Å². The lowest BCUT2D eigenvalue weighted by atomic mass is 9.43. The molecular formula is C32H36BN5O4. The minimum Gasteiger partial charge on any atom is -0.449 e. The number of nitriles is 1. The molecule has 1 saturated heterocycles. The van der Waals surface area contributed by atoms with Crippen LogP contribution in [0.25, 0.3) is 11.8 Å². The van der Waals surface area contributed by atoms with Crippen LogP contribution in [0, 0.1) is 28.6 Å². The molecule has 0 spiro atoms. The first-order valence-corrected chi connectivity index (χ1v) is 14.6. The number of carbonyl (C=O) groups is 1. The molecule has 4 aliphatic rings. The number of nitrogens with one attached hydrogen (secondary N) is 1. The quantitative estimate of drug-likeness (QED) is 0.289. The standard InChI is InChI=1S/C32H36BN5O4/c1-31(2)25-17-27(31)32(3)28(18-25)41-33(42-32)29(16-22-8-5-4-6-9-22)37-30(39)40-13-12-23-10-7-11-24(14-23)15-26(19-34)38-21-35-20-36-38/h4-11,14-15,20-21,25,27-29H,12-13,16-18H2,1-3H3,(H,37,39)/t25-,27-,28+,29-,32-/m0/s1. The van der Waals surface area contributed by atoms with E-state index in [-0.39, 0.29) is 23.7 Å². The van der Waals surface area contributed by atoms with E-state index < -0.39 is 19.2 Å². The van der Waals surface area contributed by atoms with Gasteiger partial charge in [0.2, 0.25) is 0 Å². The summed E-state index contributed by atoms with van der Waals surface area (Å²) >= 11 is 0. The first kappa shape index (κ1) is 28.2. The second-order valence-corrected chi connectivity index (χ2v) is 12.4. The van der Waals surface area contributed by atoms with E-state index in [1.165, 1.54) is 23.8 Å². The van der Waals surface area contributed by atoms with Crippen LogP contribution in [-0.2, 0) is 26.9 Å². The van der Waals surface area contributed by atoms with Crippen molar-refractivity contribution in [3.63, 3.8) is 0 Å². The maximum atomic E-state index is 13.0. The van der Waals surface area contributed by atoms with Crippen LogP contribution in [0.15, 0.2) is 67.3 Å². The van der Waals surface area contributed by atoms with Crippen molar-refractivity contribution in [3.05, 3.63) is 83.9 Å². The van der Waals surface area contributed by atoms with Gasteiger partial charge in [-0.3, -0.25) is 0 Å². The van der Waals surface area contributed by atoms with E-state index >= 15 is 0 Å². The summed E-state index contributed by atoms with van der Waals surface area (Å²) < 4.78 is 20.3. The van der Waals surface area contributed by atoms with Crippen LogP contribution < -0.4 is 5.32 Å². The summed E-state index contributed by atoms with van der Waals surface area (Å²) in [5.74, 6) is 0.697. The van der Waals surface area contributed by atoms with E-state index in [4.69, 9.17) is 14.0 Å². The van der Waals surface area contributed by atoms with Gasteiger partial charge in [0.15, 0.2) is 0 Å². The van der Waals surface area contributed by atoms with Crippen LogP contribution in [0.2, 0.25) is 0 Å². The number of benzene rings is 2. The van der Waals surface area contributed by atoms with Crippen LogP contribution in [0.3, 0.4) is 0 Å². The summed E-state index contributed by atoms with van der Waals surface area (Å²) in [6.45, 7) is 7.07. The molecule has 3 aromatic rings. The maximum absolute atomic E-state index is 13.0. The van der Waals surface area contributed by atoms with E-state index in [9.17, 15) is 10.1 Å². The molecule has 1 aliphatic heterocycles. The Kier molecular flexibility index (Phi) is 7.65. The van der Waals surface area contributed by atoms with Gasteiger partial charge in [-0.1, -0.05) is 68.4 Å². The van der Waals surface area contributed by atoms with Gasteiger partial charge in [-0.2, -0.15) is 10.4 Å². The second-order valence-electron chi connectivity index (χ2n) is 12.4. The summed E-state index contributed by atoms with van der Waals surface area (Å²) in [6, 6.07) is 19.9. The van der Waals surface area contributed by atoms with Gasteiger partial charge in [0.05, 0.1) is 24.3 Å². The van der Waals surface area contributed by atoms with Crippen molar-refractivity contribution in [1.29, 1.82) is 5.26 Å². The van der Waals surface area contributed by atoms with Gasteiger partial charge >= 0.3 is 13.2 Å². The normalized spacial score (nSPS) is 26.5. The number of aromatic nitrogens is 3. The number of allylic oxidation sites excluding steroid dienone is 1. The SMILES string of the molecule is CC1(C)[C@@H]2C[C@H]3OB([C@H](Cc4ccccc4)NC(=O)OCCc4cccc(C=C(C#N)n5cncn5)c4)O[C@@]3(C)[C@H]1C2. The van der Waals surface area contributed by atoms with Gasteiger partial charge in [0.25, 0.3) is 0 Å². The van der Waals surface area contributed by atoms with Crippen LogP contribution in [-0.4, -0.2) is 52.2 Å². The summed E-state index contributed by atoms with van der Waals surface area (Å²) in [7, 11) is -0.550. The highest BCUT2D eigenvalue weighted by Gasteiger charge is 2.68. The summed E-state index contributed by atoms with van der Waals surface area (Å²) in [5, 5.41) is 16.6. The Morgan fingerprint density at radius 1 is 1.21 bits per heavy atom. The molecule has 2 bridgehead atoms. The van der Waals surface area contributed by atoms with Gasteiger partial charge in [-0.05, 0) is 66.2 Å². The van der Waals surface area contributed by atoms with E-state index in [0.29, 0.717) is 30.4 Å². The highest BCUT2D eigenvalue weighted by Crippen LogP contribution is 2.65. The van der Waals surface area contributed by atoms with Crippen molar-refractivity contribution < 1.29 is 18.8 Å². The van der Waals surface area contributed by atoms with Crippen molar-refractivity contribution in [2.75, 3.05) is 6.61 Å². The Bertz CT molecular complexity index is 1490. The lowest BCUT2D eigenvalue weighted by Crippen LogP contribution is -2.65. The fourth-order valence-electron chi connectivity index (χ4n) is 7.09. The first-order chi connectivity index (χ1) is 20.3. The number of rotatable bonds is 9. The highest BCUT2D eigenvalue weighted by molar-refractivity contribution is 6.47. The average Bonchev–Trinajstić information content (AvgIpc) is 3.64. The molecule has 1 amide bonds. The fraction of sp³-hybridized carbons (Fsp3) is 0.438. The topological polar surface area (TPSA) is 111 Å². The Hall–Kier alpha value is -3.94. The molecule has 0 radical (unpaired) electrons. The van der Waals surface area contributed by atoms with E-state index in [2.05, 4.69) is 42.2 Å². The van der Waals surface area contributed by atoms with E-state index in [0.717, 1.165) is 23.1 Å². The third-order valence-electron chi connectivity index (χ3n) is 9.56. The third kappa shape index (κ3) is 5.47. The van der Waals surface area contributed by atoms with Gasteiger partial charge < -0.3 is 19.4 Å². The zero-order valence-electron chi connectivity index (χ0n) is 24.3. The molecule has 10 heteroatoms. The molecule has 2 heterocycles. The van der Waals surface area contributed by atoms with E-state index in [1.54, 1.807) is 6.08 Å². The lowest BCUT2D eigenvalue weighted by Gasteiger charge is -2.64. The molecule has 3 saturated carbocycles. The van der Waals surface area contributed by atoms with Crippen molar-refractivity contribution in [2.45, 2.75) is 64.1 Å². The smallest absolute Gasteiger partial charge is 0.449 e. The predicted molar refractivity (Wildman–Crippen MR) is 158 cm³/mol. The van der Waals surface area contributed by atoms with Crippen molar-refractivity contribution in [3.8, 4) is 6.07 Å². The molecule has 0 unspecified atom stereocenters. The number of hydrogen-bond acceptors (Lipinski definition) is 7. The Morgan fingerprint density at radius 3 is 2.76 bits per heavy atom. The monoisotopic (exact) mass is 565 g/mol. The molecule has 1 aromatic heterocycles. The van der Waals surface area contributed by atoms with Gasteiger partial charge in [-0.25, -0.2) is 14.5 Å². The molecule has 3 aliphatic carbocycles. The lowest BCUT2D eigenvalue weighted by molar-refractivity contribution is -0.199. The van der Waals surface area contributed by atoms with Crippen LogP contribution in [0.4, 0.5) is 4.79 Å². The highest BCUT2D eigenvalue weighted by atomic mass is 16.7. The molecule has 5 atom stereocenters. The number of hydrogen-bond donors (Lipinski definition) is 1. The average molecular weight is 565 g/mol. The molecule has 216 valence electrons. The Labute approximate surface area is 247 Å². The van der Waals surface area contributed by atoms with Gasteiger partial charge in [0, 0.05) is 6.42 Å². The number of ether oxygens (including phenoxy) is 1. The first-order valence-electron chi connectivity index (χ1n) is 14.6.